The molecule has 138 valence electrons. The highest BCUT2D eigenvalue weighted by Crippen LogP contribution is 2.25. The van der Waals surface area contributed by atoms with Crippen LogP contribution in [-0.4, -0.2) is 37.4 Å². The Morgan fingerprint density at radius 1 is 1.32 bits per heavy atom. The van der Waals surface area contributed by atoms with Crippen LogP contribution < -0.4 is 11.2 Å². The van der Waals surface area contributed by atoms with Crippen molar-refractivity contribution in [2.75, 3.05) is 12.4 Å². The zero-order valence-corrected chi connectivity index (χ0v) is 15.8. The van der Waals surface area contributed by atoms with Crippen LogP contribution in [0.4, 0.5) is 0 Å². The summed E-state index contributed by atoms with van der Waals surface area (Å²) < 4.78 is 8.22. The molecule has 0 unspecified atom stereocenters. The number of fused-ring (bicyclic) bond motifs is 1. The summed E-state index contributed by atoms with van der Waals surface area (Å²) in [7, 11) is 1.55. The number of aryl methyl sites for hydroxylation is 1. The van der Waals surface area contributed by atoms with Crippen molar-refractivity contribution in [2.24, 2.45) is 7.05 Å². The lowest BCUT2D eigenvalue weighted by Gasteiger charge is -2.11. The minimum atomic E-state index is -0.516. The normalized spacial score (nSPS) is 11.4. The van der Waals surface area contributed by atoms with Gasteiger partial charge in [0.05, 0.1) is 12.4 Å². The Labute approximate surface area is 149 Å². The Bertz CT molecular complexity index is 865. The third kappa shape index (κ3) is 4.33. The van der Waals surface area contributed by atoms with Gasteiger partial charge in [-0.3, -0.25) is 19.1 Å². The van der Waals surface area contributed by atoms with Crippen molar-refractivity contribution in [1.29, 1.82) is 0 Å². The molecule has 25 heavy (non-hydrogen) atoms. The fourth-order valence-electron chi connectivity index (χ4n) is 2.47. The minimum Gasteiger partial charge on any atom is -0.465 e. The molecular formula is C16H24N4O4S. The first kappa shape index (κ1) is 19.3. The van der Waals surface area contributed by atoms with E-state index in [9.17, 15) is 14.4 Å². The number of unbranched alkanes of at least 4 members (excludes halogenated alkanes) is 2. The lowest BCUT2D eigenvalue weighted by atomic mass is 10.3. The summed E-state index contributed by atoms with van der Waals surface area (Å²) in [5.41, 5.74) is -0.358. The number of carbonyl (C=O) groups excluding carboxylic acids is 1. The van der Waals surface area contributed by atoms with Gasteiger partial charge < -0.3 is 9.30 Å². The smallest absolute Gasteiger partial charge is 0.329 e. The standard InChI is InChI=1S/C16H24N4O4S/c1-5-6-7-8-24-11(21)9-25-16-17-13-12(20(16)10(2)3)14(22)18-15(23)19(13)4/h10H,5-9H2,1-4H3,(H,18,22,23). The molecule has 9 heteroatoms. The molecule has 2 heterocycles. The molecule has 0 atom stereocenters. The number of ether oxygens (including phenoxy) is 1. The molecule has 0 aliphatic carbocycles. The van der Waals surface area contributed by atoms with Crippen molar-refractivity contribution in [3.05, 3.63) is 20.8 Å². The molecule has 2 rings (SSSR count). The number of rotatable bonds is 8. The fraction of sp³-hybridized carbons (Fsp3) is 0.625. The quantitative estimate of drug-likeness (QED) is 0.433. The van der Waals surface area contributed by atoms with Gasteiger partial charge in [-0.25, -0.2) is 9.78 Å². The van der Waals surface area contributed by atoms with E-state index in [2.05, 4.69) is 16.9 Å². The second kappa shape index (κ2) is 8.37. The van der Waals surface area contributed by atoms with Crippen LogP contribution in [0, 0.1) is 0 Å². The third-order valence-corrected chi connectivity index (χ3v) is 4.69. The van der Waals surface area contributed by atoms with Gasteiger partial charge >= 0.3 is 11.7 Å². The van der Waals surface area contributed by atoms with Crippen molar-refractivity contribution in [2.45, 2.75) is 51.2 Å². The summed E-state index contributed by atoms with van der Waals surface area (Å²) in [4.78, 5) is 42.5. The van der Waals surface area contributed by atoms with E-state index in [4.69, 9.17) is 4.74 Å². The zero-order valence-electron chi connectivity index (χ0n) is 15.0. The number of thioether (sulfide) groups is 1. The van der Waals surface area contributed by atoms with Gasteiger partial charge in [0.15, 0.2) is 16.3 Å². The van der Waals surface area contributed by atoms with Crippen LogP contribution in [0.3, 0.4) is 0 Å². The molecular weight excluding hydrogens is 344 g/mol. The van der Waals surface area contributed by atoms with Crippen LogP contribution in [0.1, 0.15) is 46.1 Å². The topological polar surface area (TPSA) is 99.0 Å². The molecule has 2 aromatic rings. The number of imidazole rings is 1. The maximum atomic E-state index is 12.2. The van der Waals surface area contributed by atoms with Gasteiger partial charge in [-0.2, -0.15) is 0 Å². The number of H-pyrrole nitrogens is 1. The summed E-state index contributed by atoms with van der Waals surface area (Å²) >= 11 is 1.21. The van der Waals surface area contributed by atoms with Crippen molar-refractivity contribution < 1.29 is 9.53 Å². The SMILES string of the molecule is CCCCCOC(=O)CSc1nc2c(c(=O)[nH]c(=O)n2C)n1C(C)C. The van der Waals surface area contributed by atoms with Gasteiger partial charge in [0.25, 0.3) is 5.56 Å². The Morgan fingerprint density at radius 2 is 2.04 bits per heavy atom. The second-order valence-corrected chi connectivity index (χ2v) is 7.01. The lowest BCUT2D eigenvalue weighted by Crippen LogP contribution is -2.29. The Morgan fingerprint density at radius 3 is 2.68 bits per heavy atom. The highest BCUT2D eigenvalue weighted by atomic mass is 32.2. The predicted molar refractivity (Wildman–Crippen MR) is 97.2 cm³/mol. The maximum Gasteiger partial charge on any atom is 0.329 e. The van der Waals surface area contributed by atoms with Crippen LogP contribution in [0.2, 0.25) is 0 Å². The number of aromatic nitrogens is 4. The number of aromatic amines is 1. The lowest BCUT2D eigenvalue weighted by molar-refractivity contribution is -0.140. The Balaban J connectivity index is 2.24. The first-order valence-corrected chi connectivity index (χ1v) is 9.35. The number of nitrogens with one attached hydrogen (secondary N) is 1. The van der Waals surface area contributed by atoms with Crippen LogP contribution in [0.25, 0.3) is 11.2 Å². The molecule has 0 aliphatic heterocycles. The number of esters is 1. The molecule has 0 bridgehead atoms. The fourth-order valence-corrected chi connectivity index (χ4v) is 3.39. The van der Waals surface area contributed by atoms with Gasteiger partial charge in [-0.15, -0.1) is 0 Å². The maximum absolute atomic E-state index is 12.2. The Kier molecular flexibility index (Phi) is 6.46. The molecule has 0 aliphatic rings. The van der Waals surface area contributed by atoms with E-state index in [1.807, 2.05) is 13.8 Å². The van der Waals surface area contributed by atoms with Crippen molar-refractivity contribution in [3.63, 3.8) is 0 Å². The summed E-state index contributed by atoms with van der Waals surface area (Å²) in [6.07, 6.45) is 2.95. The van der Waals surface area contributed by atoms with Gasteiger partial charge in [-0.05, 0) is 20.3 Å². The summed E-state index contributed by atoms with van der Waals surface area (Å²) in [5, 5.41) is 0.516. The average Bonchev–Trinajstić information content (AvgIpc) is 2.95. The highest BCUT2D eigenvalue weighted by Gasteiger charge is 2.20. The van der Waals surface area contributed by atoms with E-state index >= 15 is 0 Å². The molecule has 1 N–H and O–H groups in total. The molecule has 0 aromatic carbocycles. The molecule has 0 saturated carbocycles. The van der Waals surface area contributed by atoms with Crippen LogP contribution >= 0.6 is 11.8 Å². The molecule has 0 radical (unpaired) electrons. The van der Waals surface area contributed by atoms with E-state index in [0.717, 1.165) is 19.3 Å². The molecule has 0 spiro atoms. The summed E-state index contributed by atoms with van der Waals surface area (Å²) in [6.45, 7) is 6.34. The van der Waals surface area contributed by atoms with Crippen LogP contribution in [-0.2, 0) is 16.6 Å². The average molecular weight is 368 g/mol. The predicted octanol–water partition coefficient (Wildman–Crippen LogP) is 1.83. The molecule has 0 fully saturated rings. The van der Waals surface area contributed by atoms with Crippen molar-refractivity contribution in [1.82, 2.24) is 19.1 Å². The third-order valence-electron chi connectivity index (χ3n) is 3.76. The van der Waals surface area contributed by atoms with Gasteiger partial charge in [0.2, 0.25) is 0 Å². The first-order valence-electron chi connectivity index (χ1n) is 8.36. The summed E-state index contributed by atoms with van der Waals surface area (Å²) in [6, 6.07) is -0.0494. The molecule has 0 saturated heterocycles. The zero-order chi connectivity index (χ0) is 18.6. The van der Waals surface area contributed by atoms with Crippen LogP contribution in [0.5, 0.6) is 0 Å². The molecule has 2 aromatic heterocycles. The first-order chi connectivity index (χ1) is 11.9. The van der Waals surface area contributed by atoms with E-state index in [1.165, 1.54) is 16.3 Å². The van der Waals surface area contributed by atoms with E-state index in [1.54, 1.807) is 11.6 Å². The van der Waals surface area contributed by atoms with Crippen molar-refractivity contribution in [3.8, 4) is 0 Å². The minimum absolute atomic E-state index is 0.0494. The largest absolute Gasteiger partial charge is 0.465 e. The molecule has 0 amide bonds. The van der Waals surface area contributed by atoms with Crippen LogP contribution in [0.15, 0.2) is 14.7 Å². The monoisotopic (exact) mass is 368 g/mol. The second-order valence-electron chi connectivity index (χ2n) is 6.06. The Hall–Kier alpha value is -2.03. The number of carbonyl (C=O) groups is 1. The molecule has 8 nitrogen and oxygen atoms in total. The van der Waals surface area contributed by atoms with E-state index in [-0.39, 0.29) is 17.8 Å². The van der Waals surface area contributed by atoms with E-state index in [0.29, 0.717) is 22.9 Å². The number of nitrogens with zero attached hydrogens (tertiary/aromatic N) is 3. The van der Waals surface area contributed by atoms with E-state index < -0.39 is 11.2 Å². The highest BCUT2D eigenvalue weighted by molar-refractivity contribution is 7.99. The summed E-state index contributed by atoms with van der Waals surface area (Å²) in [5.74, 6) is -0.208. The van der Waals surface area contributed by atoms with Crippen molar-refractivity contribution >= 4 is 28.9 Å². The van der Waals surface area contributed by atoms with Gasteiger partial charge in [-0.1, -0.05) is 31.5 Å². The number of hydrogen-bond acceptors (Lipinski definition) is 6. The van der Waals surface area contributed by atoms with Gasteiger partial charge in [0, 0.05) is 13.1 Å². The number of hydrogen-bond donors (Lipinski definition) is 1. The van der Waals surface area contributed by atoms with Gasteiger partial charge in [0.1, 0.15) is 0 Å².